The predicted octanol–water partition coefficient (Wildman–Crippen LogP) is 3.95. The minimum Gasteiger partial charge on any atom is -0.323 e. The molecule has 1 aromatic heterocycles. The Kier molecular flexibility index (Phi) is 4.06. The fourth-order valence-corrected chi connectivity index (χ4v) is 2.23. The van der Waals surface area contributed by atoms with E-state index in [1.165, 1.54) is 29.2 Å². The Morgan fingerprint density at radius 2 is 2.10 bits per heavy atom. The topological polar surface area (TPSA) is 43.8 Å². The van der Waals surface area contributed by atoms with Gasteiger partial charge in [-0.3, -0.25) is 4.57 Å². The van der Waals surface area contributed by atoms with E-state index in [2.05, 4.69) is 4.98 Å². The van der Waals surface area contributed by atoms with E-state index in [1.807, 2.05) is 6.92 Å². The molecule has 0 aliphatic heterocycles. The highest BCUT2D eigenvalue weighted by Gasteiger charge is 2.35. The van der Waals surface area contributed by atoms with Crippen LogP contribution in [0.25, 0.3) is 5.69 Å². The van der Waals surface area contributed by atoms with Gasteiger partial charge in [-0.2, -0.15) is 13.2 Å². The van der Waals surface area contributed by atoms with Gasteiger partial charge in [-0.1, -0.05) is 24.6 Å². The second kappa shape index (κ2) is 5.46. The summed E-state index contributed by atoms with van der Waals surface area (Å²) in [5.41, 5.74) is 5.44. The summed E-state index contributed by atoms with van der Waals surface area (Å²) in [5, 5.41) is 0.00220. The Morgan fingerprint density at radius 1 is 1.40 bits per heavy atom. The summed E-state index contributed by atoms with van der Waals surface area (Å²) in [6.07, 6.45) is -1.17. The first-order valence-corrected chi connectivity index (χ1v) is 6.38. The standard InChI is InChI=1S/C13H13ClF3N3/c1-2-10(18)11-6-19-7-20(11)12-8(13(15,16)17)4-3-5-9(12)14/h3-7,10H,2,18H2,1H3/t10-/m1/s1. The van der Waals surface area contributed by atoms with E-state index in [0.717, 1.165) is 6.07 Å². The highest BCUT2D eigenvalue weighted by Crippen LogP contribution is 2.38. The zero-order valence-electron chi connectivity index (χ0n) is 10.7. The molecule has 0 unspecified atom stereocenters. The lowest BCUT2D eigenvalue weighted by Crippen LogP contribution is -2.17. The van der Waals surface area contributed by atoms with E-state index >= 15 is 0 Å². The van der Waals surface area contributed by atoms with Crippen molar-refractivity contribution in [2.24, 2.45) is 5.73 Å². The summed E-state index contributed by atoms with van der Waals surface area (Å²) < 4.78 is 40.6. The molecule has 0 aliphatic carbocycles. The molecule has 0 amide bonds. The van der Waals surface area contributed by atoms with Crippen molar-refractivity contribution in [1.29, 1.82) is 0 Å². The van der Waals surface area contributed by atoms with Crippen LogP contribution in [0.2, 0.25) is 5.02 Å². The molecule has 7 heteroatoms. The highest BCUT2D eigenvalue weighted by atomic mass is 35.5. The van der Waals surface area contributed by atoms with E-state index < -0.39 is 17.8 Å². The number of imidazole rings is 1. The summed E-state index contributed by atoms with van der Waals surface area (Å²) in [4.78, 5) is 3.89. The fraction of sp³-hybridized carbons (Fsp3) is 0.308. The molecule has 0 fully saturated rings. The van der Waals surface area contributed by atoms with Gasteiger partial charge in [0, 0.05) is 6.04 Å². The molecule has 1 atom stereocenters. The molecule has 108 valence electrons. The Labute approximate surface area is 119 Å². The third-order valence-electron chi connectivity index (χ3n) is 3.02. The number of rotatable bonds is 3. The largest absolute Gasteiger partial charge is 0.418 e. The Hall–Kier alpha value is -1.53. The molecule has 0 aliphatic rings. The van der Waals surface area contributed by atoms with Crippen LogP contribution < -0.4 is 5.73 Å². The first-order valence-electron chi connectivity index (χ1n) is 6.00. The van der Waals surface area contributed by atoms with E-state index in [1.54, 1.807) is 0 Å². The second-order valence-corrected chi connectivity index (χ2v) is 4.74. The van der Waals surface area contributed by atoms with Crippen molar-refractivity contribution in [2.75, 3.05) is 0 Å². The smallest absolute Gasteiger partial charge is 0.323 e. The van der Waals surface area contributed by atoms with Crippen LogP contribution in [0.1, 0.15) is 30.6 Å². The van der Waals surface area contributed by atoms with Crippen LogP contribution in [-0.2, 0) is 6.18 Å². The van der Waals surface area contributed by atoms with E-state index in [9.17, 15) is 13.2 Å². The van der Waals surface area contributed by atoms with Gasteiger partial charge in [-0.05, 0) is 18.6 Å². The molecule has 0 spiro atoms. The van der Waals surface area contributed by atoms with Crippen LogP contribution in [0.5, 0.6) is 0 Å². The van der Waals surface area contributed by atoms with Gasteiger partial charge in [0.05, 0.1) is 34.5 Å². The molecule has 1 aromatic carbocycles. The SMILES string of the molecule is CC[C@@H](N)c1cncn1-c1c(Cl)cccc1C(F)(F)F. The minimum absolute atomic E-state index is 0.00220. The van der Waals surface area contributed by atoms with Gasteiger partial charge in [0.1, 0.15) is 0 Å². The van der Waals surface area contributed by atoms with E-state index in [-0.39, 0.29) is 10.7 Å². The van der Waals surface area contributed by atoms with Gasteiger partial charge >= 0.3 is 6.18 Å². The van der Waals surface area contributed by atoms with Crippen LogP contribution >= 0.6 is 11.6 Å². The van der Waals surface area contributed by atoms with Gasteiger partial charge in [-0.25, -0.2) is 4.98 Å². The van der Waals surface area contributed by atoms with Crippen molar-refractivity contribution in [3.8, 4) is 5.69 Å². The molecule has 2 rings (SSSR count). The first-order chi connectivity index (χ1) is 9.36. The highest BCUT2D eigenvalue weighted by molar-refractivity contribution is 6.32. The maximum absolute atomic E-state index is 13.1. The third-order valence-corrected chi connectivity index (χ3v) is 3.32. The average Bonchev–Trinajstić information content (AvgIpc) is 2.85. The number of nitrogens with zero attached hydrogens (tertiary/aromatic N) is 2. The van der Waals surface area contributed by atoms with Gasteiger partial charge < -0.3 is 5.73 Å². The van der Waals surface area contributed by atoms with Crippen LogP contribution in [0, 0.1) is 0 Å². The zero-order chi connectivity index (χ0) is 14.9. The summed E-state index contributed by atoms with van der Waals surface area (Å²) in [6, 6.07) is 3.26. The molecule has 2 N–H and O–H groups in total. The molecule has 2 aromatic rings. The molecule has 0 saturated carbocycles. The zero-order valence-corrected chi connectivity index (χ0v) is 11.4. The molecule has 3 nitrogen and oxygen atoms in total. The maximum atomic E-state index is 13.1. The molecule has 1 heterocycles. The van der Waals surface area contributed by atoms with Gasteiger partial charge in [0.15, 0.2) is 0 Å². The lowest BCUT2D eigenvalue weighted by molar-refractivity contribution is -0.137. The Bertz CT molecular complexity index is 607. The van der Waals surface area contributed by atoms with Crippen molar-refractivity contribution in [2.45, 2.75) is 25.6 Å². The lowest BCUT2D eigenvalue weighted by atomic mass is 10.1. The summed E-state index contributed by atoms with van der Waals surface area (Å²) in [7, 11) is 0. The van der Waals surface area contributed by atoms with Crippen LogP contribution in [0.4, 0.5) is 13.2 Å². The quantitative estimate of drug-likeness (QED) is 0.933. The number of nitrogens with two attached hydrogens (primary N) is 1. The van der Waals surface area contributed by atoms with Crippen LogP contribution in [-0.4, -0.2) is 9.55 Å². The van der Waals surface area contributed by atoms with Crippen LogP contribution in [0.3, 0.4) is 0 Å². The van der Waals surface area contributed by atoms with Crippen LogP contribution in [0.15, 0.2) is 30.7 Å². The molecule has 20 heavy (non-hydrogen) atoms. The van der Waals surface area contributed by atoms with Gasteiger partial charge in [0.2, 0.25) is 0 Å². The van der Waals surface area contributed by atoms with Crippen molar-refractivity contribution in [3.05, 3.63) is 47.0 Å². The predicted molar refractivity (Wildman–Crippen MR) is 70.8 cm³/mol. The minimum atomic E-state index is -4.50. The number of benzene rings is 1. The number of hydrogen-bond acceptors (Lipinski definition) is 2. The maximum Gasteiger partial charge on any atom is 0.418 e. The van der Waals surface area contributed by atoms with Gasteiger partial charge in [-0.15, -0.1) is 0 Å². The first kappa shape index (κ1) is 14.9. The monoisotopic (exact) mass is 303 g/mol. The third kappa shape index (κ3) is 2.66. The number of hydrogen-bond donors (Lipinski definition) is 1. The van der Waals surface area contributed by atoms with Crippen molar-refractivity contribution in [1.82, 2.24) is 9.55 Å². The molecular formula is C13H13ClF3N3. The van der Waals surface area contributed by atoms with Gasteiger partial charge in [0.25, 0.3) is 0 Å². The molecule has 0 saturated heterocycles. The van der Waals surface area contributed by atoms with E-state index in [0.29, 0.717) is 12.1 Å². The lowest BCUT2D eigenvalue weighted by Gasteiger charge is -2.18. The van der Waals surface area contributed by atoms with Crippen molar-refractivity contribution >= 4 is 11.6 Å². The summed E-state index contributed by atoms with van der Waals surface area (Å²) >= 11 is 5.96. The second-order valence-electron chi connectivity index (χ2n) is 4.34. The number of alkyl halides is 3. The normalized spacial score (nSPS) is 13.5. The van der Waals surface area contributed by atoms with Crippen molar-refractivity contribution < 1.29 is 13.2 Å². The average molecular weight is 304 g/mol. The Balaban J connectivity index is 2.67. The number of aromatic nitrogens is 2. The molecule has 0 bridgehead atoms. The van der Waals surface area contributed by atoms with E-state index in [4.69, 9.17) is 17.3 Å². The number of halogens is 4. The fourth-order valence-electron chi connectivity index (χ4n) is 1.96. The molecule has 0 radical (unpaired) electrons. The van der Waals surface area contributed by atoms with Crippen molar-refractivity contribution in [3.63, 3.8) is 0 Å². The molecular weight excluding hydrogens is 291 g/mol. The summed E-state index contributed by atoms with van der Waals surface area (Å²) in [5.74, 6) is 0. The number of para-hydroxylation sites is 1. The summed E-state index contributed by atoms with van der Waals surface area (Å²) in [6.45, 7) is 1.85. The Morgan fingerprint density at radius 3 is 2.70 bits per heavy atom.